The standard InChI is InChI=1S/C13H19N3O/c1-10-3-4-12(14-2)13(17)16(9-10)11-5-7-15-8-6-11/h5-8,10,12,14H,3-4,9H2,1-2H3. The fraction of sp³-hybridized carbons (Fsp3) is 0.538. The lowest BCUT2D eigenvalue weighted by Crippen LogP contribution is -2.44. The van der Waals surface area contributed by atoms with Crippen molar-refractivity contribution in [2.45, 2.75) is 25.8 Å². The summed E-state index contributed by atoms with van der Waals surface area (Å²) in [5.41, 5.74) is 0.944. The number of likely N-dealkylation sites (N-methyl/N-ethyl adjacent to an activating group) is 1. The maximum atomic E-state index is 12.4. The summed E-state index contributed by atoms with van der Waals surface area (Å²) in [7, 11) is 1.85. The van der Waals surface area contributed by atoms with Crippen LogP contribution < -0.4 is 10.2 Å². The van der Waals surface area contributed by atoms with E-state index in [-0.39, 0.29) is 11.9 Å². The first kappa shape index (κ1) is 12.0. The molecule has 1 fully saturated rings. The number of hydrogen-bond acceptors (Lipinski definition) is 3. The van der Waals surface area contributed by atoms with Crippen molar-refractivity contribution in [1.82, 2.24) is 10.3 Å². The Bertz CT molecular complexity index is 380. The number of hydrogen-bond donors (Lipinski definition) is 1. The SMILES string of the molecule is CNC1CCC(C)CN(c2ccncc2)C1=O. The van der Waals surface area contributed by atoms with E-state index in [2.05, 4.69) is 17.2 Å². The van der Waals surface area contributed by atoms with Gasteiger partial charge in [0.05, 0.1) is 6.04 Å². The average Bonchev–Trinajstić information content (AvgIpc) is 2.50. The van der Waals surface area contributed by atoms with Crippen LogP contribution in [0.15, 0.2) is 24.5 Å². The summed E-state index contributed by atoms with van der Waals surface area (Å²) in [4.78, 5) is 18.2. The fourth-order valence-corrected chi connectivity index (χ4v) is 2.28. The van der Waals surface area contributed by atoms with E-state index in [9.17, 15) is 4.79 Å². The van der Waals surface area contributed by atoms with E-state index >= 15 is 0 Å². The molecule has 0 aromatic carbocycles. The molecule has 4 nitrogen and oxygen atoms in total. The molecule has 1 aromatic rings. The molecule has 0 saturated carbocycles. The summed E-state index contributed by atoms with van der Waals surface area (Å²) in [6.07, 6.45) is 5.45. The Morgan fingerprint density at radius 2 is 2.06 bits per heavy atom. The van der Waals surface area contributed by atoms with Crippen LogP contribution in [0.5, 0.6) is 0 Å². The van der Waals surface area contributed by atoms with Gasteiger partial charge in [-0.1, -0.05) is 6.92 Å². The number of nitrogens with one attached hydrogen (secondary N) is 1. The first-order chi connectivity index (χ1) is 8.22. The van der Waals surface area contributed by atoms with Crippen LogP contribution in [0.3, 0.4) is 0 Å². The van der Waals surface area contributed by atoms with Gasteiger partial charge in [0.2, 0.25) is 5.91 Å². The third kappa shape index (κ3) is 2.64. The molecular weight excluding hydrogens is 214 g/mol. The zero-order chi connectivity index (χ0) is 12.3. The summed E-state index contributed by atoms with van der Waals surface area (Å²) >= 11 is 0. The number of rotatable bonds is 2. The van der Waals surface area contributed by atoms with E-state index in [0.29, 0.717) is 5.92 Å². The number of aromatic nitrogens is 1. The van der Waals surface area contributed by atoms with Gasteiger partial charge in [0.25, 0.3) is 0 Å². The molecule has 1 aliphatic heterocycles. The highest BCUT2D eigenvalue weighted by molar-refractivity contribution is 5.97. The number of anilines is 1. The lowest BCUT2D eigenvalue weighted by atomic mass is 10.0. The van der Waals surface area contributed by atoms with Crippen molar-refractivity contribution < 1.29 is 4.79 Å². The molecule has 2 unspecified atom stereocenters. The van der Waals surface area contributed by atoms with Crippen LogP contribution in [0.1, 0.15) is 19.8 Å². The highest BCUT2D eigenvalue weighted by Crippen LogP contribution is 2.22. The highest BCUT2D eigenvalue weighted by Gasteiger charge is 2.29. The van der Waals surface area contributed by atoms with Gasteiger partial charge >= 0.3 is 0 Å². The fourth-order valence-electron chi connectivity index (χ4n) is 2.28. The van der Waals surface area contributed by atoms with Crippen molar-refractivity contribution in [3.63, 3.8) is 0 Å². The number of amides is 1. The topological polar surface area (TPSA) is 45.2 Å². The molecular formula is C13H19N3O. The maximum Gasteiger partial charge on any atom is 0.244 e. The summed E-state index contributed by atoms with van der Waals surface area (Å²) in [6, 6.07) is 3.72. The van der Waals surface area contributed by atoms with Gasteiger partial charge in [0.15, 0.2) is 0 Å². The van der Waals surface area contributed by atoms with Gasteiger partial charge in [-0.15, -0.1) is 0 Å². The van der Waals surface area contributed by atoms with Gasteiger partial charge < -0.3 is 10.2 Å². The van der Waals surface area contributed by atoms with Crippen LogP contribution in [0.2, 0.25) is 0 Å². The van der Waals surface area contributed by atoms with Crippen molar-refractivity contribution in [2.24, 2.45) is 5.92 Å². The Hall–Kier alpha value is -1.42. The zero-order valence-corrected chi connectivity index (χ0v) is 10.4. The third-order valence-corrected chi connectivity index (χ3v) is 3.33. The molecule has 4 heteroatoms. The summed E-state index contributed by atoms with van der Waals surface area (Å²) in [5, 5.41) is 3.11. The lowest BCUT2D eigenvalue weighted by molar-refractivity contribution is -0.120. The monoisotopic (exact) mass is 233 g/mol. The highest BCUT2D eigenvalue weighted by atomic mass is 16.2. The molecule has 0 radical (unpaired) electrons. The van der Waals surface area contributed by atoms with Gasteiger partial charge in [-0.25, -0.2) is 0 Å². The van der Waals surface area contributed by atoms with Crippen LogP contribution in [-0.4, -0.2) is 30.5 Å². The van der Waals surface area contributed by atoms with Crippen molar-refractivity contribution in [2.75, 3.05) is 18.5 Å². The Kier molecular flexibility index (Phi) is 3.74. The molecule has 1 amide bonds. The van der Waals surface area contributed by atoms with Crippen LogP contribution >= 0.6 is 0 Å². The summed E-state index contributed by atoms with van der Waals surface area (Å²) < 4.78 is 0. The summed E-state index contributed by atoms with van der Waals surface area (Å²) in [5.74, 6) is 0.702. The van der Waals surface area contributed by atoms with Crippen LogP contribution in [0.25, 0.3) is 0 Å². The Morgan fingerprint density at radius 3 is 2.71 bits per heavy atom. The second-order valence-electron chi connectivity index (χ2n) is 4.68. The average molecular weight is 233 g/mol. The number of carbonyl (C=O) groups is 1. The molecule has 2 atom stereocenters. The van der Waals surface area contributed by atoms with Crippen molar-refractivity contribution in [3.8, 4) is 0 Å². The number of carbonyl (C=O) groups excluding carboxylic acids is 1. The second-order valence-corrected chi connectivity index (χ2v) is 4.68. The molecule has 2 heterocycles. The van der Waals surface area contributed by atoms with Crippen molar-refractivity contribution >= 4 is 11.6 Å². The smallest absolute Gasteiger partial charge is 0.244 e. The van der Waals surface area contributed by atoms with E-state index in [1.807, 2.05) is 24.1 Å². The lowest BCUT2D eigenvalue weighted by Gasteiger charge is -2.25. The van der Waals surface area contributed by atoms with Crippen LogP contribution in [0, 0.1) is 5.92 Å². The van der Waals surface area contributed by atoms with Crippen molar-refractivity contribution in [1.29, 1.82) is 0 Å². The predicted octanol–water partition coefficient (Wildman–Crippen LogP) is 1.43. The molecule has 92 valence electrons. The summed E-state index contributed by atoms with van der Waals surface area (Å²) in [6.45, 7) is 2.99. The molecule has 1 aliphatic rings. The number of pyridine rings is 1. The molecule has 0 aliphatic carbocycles. The Labute approximate surface area is 102 Å². The predicted molar refractivity (Wildman–Crippen MR) is 67.8 cm³/mol. The molecule has 1 aromatic heterocycles. The Balaban J connectivity index is 2.26. The van der Waals surface area contributed by atoms with Crippen LogP contribution in [-0.2, 0) is 4.79 Å². The van der Waals surface area contributed by atoms with Gasteiger partial charge in [0, 0.05) is 24.6 Å². The van der Waals surface area contributed by atoms with E-state index in [0.717, 1.165) is 25.1 Å². The molecule has 17 heavy (non-hydrogen) atoms. The third-order valence-electron chi connectivity index (χ3n) is 3.33. The molecule has 0 bridgehead atoms. The van der Waals surface area contributed by atoms with Gasteiger partial charge in [0.1, 0.15) is 0 Å². The molecule has 0 spiro atoms. The quantitative estimate of drug-likeness (QED) is 0.840. The maximum absolute atomic E-state index is 12.4. The van der Waals surface area contributed by atoms with Gasteiger partial charge in [-0.2, -0.15) is 0 Å². The van der Waals surface area contributed by atoms with Crippen LogP contribution in [0.4, 0.5) is 5.69 Å². The second kappa shape index (κ2) is 5.27. The van der Waals surface area contributed by atoms with E-state index < -0.39 is 0 Å². The number of nitrogens with zero attached hydrogens (tertiary/aromatic N) is 2. The van der Waals surface area contributed by atoms with E-state index in [1.54, 1.807) is 12.4 Å². The molecule has 1 saturated heterocycles. The Morgan fingerprint density at radius 1 is 1.35 bits per heavy atom. The molecule has 1 N–H and O–H groups in total. The van der Waals surface area contributed by atoms with E-state index in [1.165, 1.54) is 0 Å². The first-order valence-corrected chi connectivity index (χ1v) is 6.11. The normalized spacial score (nSPS) is 25.8. The zero-order valence-electron chi connectivity index (χ0n) is 10.4. The minimum atomic E-state index is -0.0619. The minimum absolute atomic E-state index is 0.0619. The largest absolute Gasteiger partial charge is 0.311 e. The minimum Gasteiger partial charge on any atom is -0.311 e. The van der Waals surface area contributed by atoms with Gasteiger partial charge in [-0.05, 0) is 37.9 Å². The van der Waals surface area contributed by atoms with E-state index in [4.69, 9.17) is 0 Å². The molecule has 2 rings (SSSR count). The van der Waals surface area contributed by atoms with Gasteiger partial charge in [-0.3, -0.25) is 9.78 Å². The van der Waals surface area contributed by atoms with Crippen molar-refractivity contribution in [3.05, 3.63) is 24.5 Å². The first-order valence-electron chi connectivity index (χ1n) is 6.11.